The van der Waals surface area contributed by atoms with Crippen LogP contribution in [0.2, 0.25) is 0 Å². The van der Waals surface area contributed by atoms with Crippen molar-refractivity contribution in [3.63, 3.8) is 0 Å². The molecule has 0 amide bonds. The van der Waals surface area contributed by atoms with E-state index in [4.69, 9.17) is 13.7 Å². The molecule has 1 aromatic carbocycles. The number of furan rings is 1. The number of ether oxygens (including phenoxy) is 1. The third kappa shape index (κ3) is 6.47. The zero-order valence-electron chi connectivity index (χ0n) is 19.7. The third-order valence-electron chi connectivity index (χ3n) is 5.89. The molecule has 4 rings (SSSR count). The van der Waals surface area contributed by atoms with Crippen LogP contribution >= 0.6 is 0 Å². The zero-order chi connectivity index (χ0) is 23.0. The Morgan fingerprint density at radius 1 is 1.06 bits per heavy atom. The molecule has 1 aliphatic heterocycles. The van der Waals surface area contributed by atoms with E-state index in [1.807, 2.05) is 44.2 Å². The number of aromatic nitrogens is 1. The summed E-state index contributed by atoms with van der Waals surface area (Å²) in [5, 5.41) is 15.2. The smallest absolute Gasteiger partial charge is 0.232 e. The second-order valence-corrected chi connectivity index (χ2v) is 9.01. The maximum Gasteiger partial charge on any atom is 0.232 e. The van der Waals surface area contributed by atoms with Crippen molar-refractivity contribution in [3.8, 4) is 11.3 Å². The SMILES string of the molecule is CC(C)OC[C@H](O)CN(Cc1ccco1)Cc1c(-c2ccccc2)noc1N1CCCCC1. The van der Waals surface area contributed by atoms with E-state index in [0.29, 0.717) is 26.2 Å². The van der Waals surface area contributed by atoms with Crippen LogP contribution in [-0.2, 0) is 17.8 Å². The Labute approximate surface area is 195 Å². The fourth-order valence-corrected chi connectivity index (χ4v) is 4.30. The first kappa shape index (κ1) is 23.5. The number of piperidine rings is 1. The summed E-state index contributed by atoms with van der Waals surface area (Å²) in [6.07, 6.45) is 4.70. The molecule has 0 aliphatic carbocycles. The van der Waals surface area contributed by atoms with Crippen LogP contribution in [0.5, 0.6) is 0 Å². The number of rotatable bonds is 11. The van der Waals surface area contributed by atoms with Crippen LogP contribution in [0.25, 0.3) is 11.3 Å². The second kappa shape index (κ2) is 11.5. The monoisotopic (exact) mass is 453 g/mol. The van der Waals surface area contributed by atoms with Crippen LogP contribution in [0, 0.1) is 0 Å². The number of hydrogen-bond acceptors (Lipinski definition) is 7. The van der Waals surface area contributed by atoms with Gasteiger partial charge in [0.1, 0.15) is 11.5 Å². The van der Waals surface area contributed by atoms with Gasteiger partial charge in [-0.25, -0.2) is 0 Å². The van der Waals surface area contributed by atoms with E-state index < -0.39 is 6.10 Å². The molecule has 1 saturated heterocycles. The molecule has 1 atom stereocenters. The average Bonchev–Trinajstić information content (AvgIpc) is 3.49. The molecule has 1 N–H and O–H groups in total. The minimum Gasteiger partial charge on any atom is -0.468 e. The van der Waals surface area contributed by atoms with Gasteiger partial charge in [0.2, 0.25) is 5.88 Å². The summed E-state index contributed by atoms with van der Waals surface area (Å²) in [5.41, 5.74) is 2.93. The fraction of sp³-hybridized carbons (Fsp3) is 0.500. The number of aliphatic hydroxyl groups is 1. The van der Waals surface area contributed by atoms with Crippen molar-refractivity contribution in [2.24, 2.45) is 0 Å². The fourth-order valence-electron chi connectivity index (χ4n) is 4.30. The standard InChI is InChI=1S/C26H35N3O4/c1-20(2)32-19-22(30)16-28(17-23-12-9-15-31-23)18-24-25(21-10-5-3-6-11-21)27-33-26(24)29-13-7-4-8-14-29/h3,5-6,9-12,15,20,22,30H,4,7-8,13-14,16-19H2,1-2H3/t22-/m1/s1. The van der Waals surface area contributed by atoms with Crippen LogP contribution in [0.4, 0.5) is 5.88 Å². The maximum absolute atomic E-state index is 10.7. The van der Waals surface area contributed by atoms with Gasteiger partial charge in [-0.2, -0.15) is 0 Å². The molecule has 1 fully saturated rings. The Hall–Kier alpha value is -2.61. The third-order valence-corrected chi connectivity index (χ3v) is 5.89. The molecule has 33 heavy (non-hydrogen) atoms. The van der Waals surface area contributed by atoms with Crippen molar-refractivity contribution < 1.29 is 18.8 Å². The van der Waals surface area contributed by atoms with E-state index in [2.05, 4.69) is 27.1 Å². The highest BCUT2D eigenvalue weighted by Gasteiger charge is 2.26. The lowest BCUT2D eigenvalue weighted by atomic mass is 10.1. The topological polar surface area (TPSA) is 75.1 Å². The van der Waals surface area contributed by atoms with Gasteiger partial charge < -0.3 is 23.7 Å². The van der Waals surface area contributed by atoms with E-state index >= 15 is 0 Å². The average molecular weight is 454 g/mol. The molecule has 3 heterocycles. The van der Waals surface area contributed by atoms with Gasteiger partial charge in [-0.1, -0.05) is 35.5 Å². The zero-order valence-corrected chi connectivity index (χ0v) is 19.7. The number of aliphatic hydroxyl groups excluding tert-OH is 1. The highest BCUT2D eigenvalue weighted by molar-refractivity contribution is 5.68. The van der Waals surface area contributed by atoms with E-state index in [-0.39, 0.29) is 6.10 Å². The van der Waals surface area contributed by atoms with Crippen molar-refractivity contribution in [1.82, 2.24) is 10.1 Å². The molecular formula is C26H35N3O4. The van der Waals surface area contributed by atoms with Crippen LogP contribution in [0.15, 0.2) is 57.7 Å². The normalized spacial score (nSPS) is 15.5. The predicted octanol–water partition coefficient (Wildman–Crippen LogP) is 4.71. The lowest BCUT2D eigenvalue weighted by Gasteiger charge is -2.29. The molecule has 3 aromatic rings. The Morgan fingerprint density at radius 3 is 2.55 bits per heavy atom. The number of anilines is 1. The number of hydrogen-bond donors (Lipinski definition) is 1. The Bertz CT molecular complexity index is 949. The first-order chi connectivity index (χ1) is 16.1. The van der Waals surface area contributed by atoms with Crippen LogP contribution in [-0.4, -0.2) is 53.6 Å². The summed E-state index contributed by atoms with van der Waals surface area (Å²) in [5.74, 6) is 1.69. The molecule has 0 unspecified atom stereocenters. The van der Waals surface area contributed by atoms with Gasteiger partial charge in [0.15, 0.2) is 0 Å². The predicted molar refractivity (Wildman–Crippen MR) is 128 cm³/mol. The Balaban J connectivity index is 1.62. The lowest BCUT2D eigenvalue weighted by molar-refractivity contribution is -0.0113. The minimum absolute atomic E-state index is 0.0756. The van der Waals surface area contributed by atoms with Gasteiger partial charge in [0.25, 0.3) is 0 Å². The molecule has 0 bridgehead atoms. The molecule has 7 nitrogen and oxygen atoms in total. The van der Waals surface area contributed by atoms with Crippen molar-refractivity contribution in [1.29, 1.82) is 0 Å². The van der Waals surface area contributed by atoms with Crippen molar-refractivity contribution in [2.75, 3.05) is 31.1 Å². The molecule has 7 heteroatoms. The summed E-state index contributed by atoms with van der Waals surface area (Å²) in [7, 11) is 0. The van der Waals surface area contributed by atoms with Gasteiger partial charge in [0, 0.05) is 31.7 Å². The quantitative estimate of drug-likeness (QED) is 0.450. The van der Waals surface area contributed by atoms with Gasteiger partial charge >= 0.3 is 0 Å². The Kier molecular flexibility index (Phi) is 8.20. The first-order valence-electron chi connectivity index (χ1n) is 11.9. The lowest BCUT2D eigenvalue weighted by Crippen LogP contribution is -2.36. The van der Waals surface area contributed by atoms with E-state index in [1.54, 1.807) is 6.26 Å². The molecule has 0 spiro atoms. The van der Waals surface area contributed by atoms with Gasteiger partial charge in [-0.3, -0.25) is 4.90 Å². The number of benzene rings is 1. The highest BCUT2D eigenvalue weighted by Crippen LogP contribution is 2.34. The first-order valence-corrected chi connectivity index (χ1v) is 11.9. The van der Waals surface area contributed by atoms with Crippen molar-refractivity contribution in [2.45, 2.75) is 58.4 Å². The van der Waals surface area contributed by atoms with E-state index in [1.165, 1.54) is 6.42 Å². The van der Waals surface area contributed by atoms with Crippen molar-refractivity contribution >= 4 is 5.88 Å². The summed E-state index contributed by atoms with van der Waals surface area (Å²) in [6, 6.07) is 14.0. The summed E-state index contributed by atoms with van der Waals surface area (Å²) in [6.45, 7) is 7.79. The highest BCUT2D eigenvalue weighted by atomic mass is 16.5. The molecule has 2 aromatic heterocycles. The van der Waals surface area contributed by atoms with Gasteiger partial charge in [-0.15, -0.1) is 0 Å². The van der Waals surface area contributed by atoms with Gasteiger partial charge in [0.05, 0.1) is 37.2 Å². The summed E-state index contributed by atoms with van der Waals surface area (Å²) >= 11 is 0. The molecule has 178 valence electrons. The second-order valence-electron chi connectivity index (χ2n) is 9.01. The molecular weight excluding hydrogens is 418 g/mol. The van der Waals surface area contributed by atoms with Crippen LogP contribution < -0.4 is 4.90 Å². The van der Waals surface area contributed by atoms with E-state index in [0.717, 1.165) is 54.4 Å². The van der Waals surface area contributed by atoms with Crippen LogP contribution in [0.1, 0.15) is 44.4 Å². The molecule has 0 radical (unpaired) electrons. The summed E-state index contributed by atoms with van der Waals surface area (Å²) in [4.78, 5) is 4.49. The van der Waals surface area contributed by atoms with Crippen molar-refractivity contribution in [3.05, 3.63) is 60.1 Å². The van der Waals surface area contributed by atoms with E-state index in [9.17, 15) is 5.11 Å². The largest absolute Gasteiger partial charge is 0.468 e. The molecule has 1 aliphatic rings. The maximum atomic E-state index is 10.7. The minimum atomic E-state index is -0.610. The van der Waals surface area contributed by atoms with Gasteiger partial charge in [-0.05, 0) is 45.2 Å². The number of nitrogens with zero attached hydrogens (tertiary/aromatic N) is 3. The Morgan fingerprint density at radius 2 is 1.85 bits per heavy atom. The summed E-state index contributed by atoms with van der Waals surface area (Å²) < 4.78 is 17.2. The molecule has 0 saturated carbocycles. The van der Waals surface area contributed by atoms with Crippen LogP contribution in [0.3, 0.4) is 0 Å².